The molecule has 8 rings (SSSR count). The van der Waals surface area contributed by atoms with Crippen molar-refractivity contribution in [3.8, 4) is 0 Å². The molecule has 0 saturated carbocycles. The molecule has 0 saturated heterocycles. The molecule has 0 amide bonds. The zero-order valence-electron chi connectivity index (χ0n) is 33.4. The predicted molar refractivity (Wildman–Crippen MR) is 244 cm³/mol. The van der Waals surface area contributed by atoms with Crippen molar-refractivity contribution >= 4 is 86.7 Å². The fraction of sp³-hybridized carbons (Fsp3) is 0.250. The molecule has 0 radical (unpaired) electrons. The van der Waals surface area contributed by atoms with Crippen LogP contribution in [0.5, 0.6) is 0 Å². The summed E-state index contributed by atoms with van der Waals surface area (Å²) in [6.45, 7) is 21.6. The summed E-state index contributed by atoms with van der Waals surface area (Å²) in [7, 11) is 0. The van der Waals surface area contributed by atoms with Gasteiger partial charge in [0.2, 0.25) is 6.35 Å². The first-order valence-electron chi connectivity index (χ1n) is 18.3. The maximum absolute atomic E-state index is 6.25. The van der Waals surface area contributed by atoms with E-state index in [0.29, 0.717) is 6.61 Å². The third-order valence-electron chi connectivity index (χ3n) is 9.16. The summed E-state index contributed by atoms with van der Waals surface area (Å²) in [5.74, 6) is 3.33. The summed E-state index contributed by atoms with van der Waals surface area (Å²) in [4.78, 5) is 27.0. The minimum atomic E-state index is -0.343. The number of rotatable bonds is 6. The van der Waals surface area contributed by atoms with Gasteiger partial charge in [0, 0.05) is 54.1 Å². The number of fused-ring (bicyclic) bond motifs is 2. The number of hydrogen-bond donors (Lipinski definition) is 0. The third-order valence-corrected chi connectivity index (χ3v) is 9.16. The summed E-state index contributed by atoms with van der Waals surface area (Å²) in [5.41, 5.74) is 14.1. The summed E-state index contributed by atoms with van der Waals surface area (Å²) >= 11 is 11.7. The van der Waals surface area contributed by atoms with Crippen LogP contribution in [0.25, 0.3) is 0 Å². The van der Waals surface area contributed by atoms with E-state index in [9.17, 15) is 0 Å². The van der Waals surface area contributed by atoms with Crippen LogP contribution in [0.1, 0.15) is 51.4 Å². The van der Waals surface area contributed by atoms with Gasteiger partial charge in [0.1, 0.15) is 11.6 Å². The van der Waals surface area contributed by atoms with Gasteiger partial charge in [-0.05, 0) is 155 Å². The first-order valence-corrected chi connectivity index (χ1v) is 24.4. The number of ether oxygens (including phenoxy) is 1. The number of halogens is 2. The molecule has 0 spiro atoms. The van der Waals surface area contributed by atoms with E-state index in [0.717, 1.165) is 46.0 Å². The van der Waals surface area contributed by atoms with Crippen molar-refractivity contribution in [1.29, 1.82) is 0 Å². The van der Waals surface area contributed by atoms with E-state index < -0.39 is 0 Å². The number of aryl methyl sites for hydroxylation is 8. The van der Waals surface area contributed by atoms with Gasteiger partial charge in [-0.2, -0.15) is 0 Å². The van der Waals surface area contributed by atoms with Crippen molar-refractivity contribution in [2.45, 2.75) is 68.7 Å². The molecule has 0 aliphatic carbocycles. The van der Waals surface area contributed by atoms with E-state index in [1.54, 1.807) is 65.5 Å². The van der Waals surface area contributed by atoms with Gasteiger partial charge in [0.15, 0.2) is 11.6 Å². The Morgan fingerprint density at radius 1 is 0.491 bits per heavy atom. The average Bonchev–Trinajstić information content (AvgIpc) is 3.72. The van der Waals surface area contributed by atoms with Crippen LogP contribution in [0.3, 0.4) is 0 Å². The molecule has 0 atom stereocenters. The number of benzene rings is 4. The van der Waals surface area contributed by atoms with Gasteiger partial charge in [0.25, 0.3) is 0 Å². The molecule has 57 heavy (non-hydrogen) atoms. The first-order chi connectivity index (χ1) is 27.5. The van der Waals surface area contributed by atoms with Crippen LogP contribution >= 0.6 is 40.7 Å². The molecule has 6 aromatic rings. The van der Waals surface area contributed by atoms with Crippen molar-refractivity contribution in [1.82, 2.24) is 19.9 Å². The van der Waals surface area contributed by atoms with E-state index in [4.69, 9.17) is 4.74 Å². The van der Waals surface area contributed by atoms with Gasteiger partial charge in [-0.25, -0.2) is 19.9 Å². The van der Waals surface area contributed by atoms with Crippen molar-refractivity contribution < 1.29 is 30.3 Å². The molecule has 4 aromatic carbocycles. The number of aromatic nitrogens is 4. The molecular weight excluding hydrogens is 1040 g/mol. The molecule has 0 unspecified atom stereocenters. The summed E-state index contributed by atoms with van der Waals surface area (Å²) in [5, 5.41) is 0. The van der Waals surface area contributed by atoms with Gasteiger partial charge in [-0.3, -0.25) is 9.80 Å². The van der Waals surface area contributed by atoms with Crippen molar-refractivity contribution in [2.24, 2.45) is 0 Å². The molecule has 305 valence electrons. The van der Waals surface area contributed by atoms with Crippen LogP contribution in [0.4, 0.5) is 46.0 Å². The van der Waals surface area contributed by atoms with Gasteiger partial charge in [-0.15, -0.1) is 6.67 Å². The van der Waals surface area contributed by atoms with Crippen molar-refractivity contribution in [3.63, 3.8) is 0 Å². The molecule has 0 bridgehead atoms. The van der Waals surface area contributed by atoms with Crippen LogP contribution in [0.2, 0.25) is 0 Å². The zero-order valence-corrected chi connectivity index (χ0v) is 39.6. The Bertz CT molecular complexity index is 2080. The molecule has 0 fully saturated rings. The van der Waals surface area contributed by atoms with E-state index in [1.807, 2.05) is 6.92 Å². The minimum absolute atomic E-state index is 0.343. The summed E-state index contributed by atoms with van der Waals surface area (Å²) < 4.78 is 6.25. The zero-order chi connectivity index (χ0) is 41.4. The van der Waals surface area contributed by atoms with Crippen molar-refractivity contribution in [3.05, 3.63) is 149 Å². The van der Waals surface area contributed by atoms with Gasteiger partial charge < -0.3 is 14.5 Å². The number of nitrogens with zero attached hydrogens (tertiary/aromatic N) is 8. The van der Waals surface area contributed by atoms with Crippen molar-refractivity contribution in [2.75, 3.05) is 26.2 Å². The fourth-order valence-electron chi connectivity index (χ4n) is 7.41. The Labute approximate surface area is 377 Å². The fourth-order valence-corrected chi connectivity index (χ4v) is 7.41. The molecule has 2 aromatic heterocycles. The Kier molecular flexibility index (Phi) is 16.2. The first kappa shape index (κ1) is 44.8. The van der Waals surface area contributed by atoms with Crippen LogP contribution in [-0.4, -0.2) is 32.9 Å². The van der Waals surface area contributed by atoms with Gasteiger partial charge in [-0.1, -0.05) is 24.3 Å². The molecule has 0 N–H and O–H groups in total. The number of anilines is 8. The molecule has 2 aliphatic rings. The Morgan fingerprint density at radius 2 is 0.754 bits per heavy atom. The second-order valence-electron chi connectivity index (χ2n) is 14.2. The molecule has 9 nitrogen and oxygen atoms in total. The van der Waals surface area contributed by atoms with E-state index in [1.165, 1.54) is 44.5 Å². The van der Waals surface area contributed by atoms with Crippen LogP contribution in [-0.2, 0) is 30.3 Å². The molecular formula is C44H47Cu2I2N8O. The Morgan fingerprint density at radius 3 is 1.04 bits per heavy atom. The Hall–Kier alpha value is -3.30. The normalized spacial score (nSPS) is 12.9. The van der Waals surface area contributed by atoms with Crippen LogP contribution < -0.4 is 19.6 Å². The summed E-state index contributed by atoms with van der Waals surface area (Å²) in [6.07, 6.45) is 6.62. The van der Waals surface area contributed by atoms with E-state index >= 15 is 0 Å². The average molecular weight is 1080 g/mol. The molecule has 2 aliphatic heterocycles. The molecule has 4 heterocycles. The number of hydrogen-bond acceptors (Lipinski definition) is 9. The topological polar surface area (TPSA) is 73.8 Å². The van der Waals surface area contributed by atoms with E-state index in [2.05, 4.69) is 200 Å². The third kappa shape index (κ3) is 10.5. The monoisotopic (exact) mass is 1080 g/mol. The second kappa shape index (κ2) is 20.6. The SMILES string of the molecule is CCOC1N(c2cc(C)cc(C)c2)c2nccnc2N1c1cc(C)cc(C)c1.Cc1cc(C)cc(N2[CH-]N(c3cc(C)cc(C)c3)c3nccnc32)c1.[Cu+][I].[Cu][I]. The summed E-state index contributed by atoms with van der Waals surface area (Å²) in [6, 6.07) is 26.1. The predicted octanol–water partition coefficient (Wildman–Crippen LogP) is 12.2. The van der Waals surface area contributed by atoms with Gasteiger partial charge in [0.05, 0.1) is 0 Å². The Balaban J connectivity index is 0.000000201. The second-order valence-corrected chi connectivity index (χ2v) is 14.2. The molecule has 13 heteroatoms. The van der Waals surface area contributed by atoms with Crippen LogP contribution in [0.15, 0.2) is 97.6 Å². The standard InChI is InChI=1S/C23H26N4O.C21H21N4.2Cu.2HI/c1-6-28-23-26(19-11-15(2)9-16(3)12-19)21-22(25-8-7-24-21)27(23)20-13-17(4)10-18(5)14-20;1-14-7-15(2)10-18(9-14)24-13-25(21-20(24)22-5-6-23-21)19-11-16(3)8-17(4)12-19;;;;/h7-14,23H,6H2,1-5H3;5-13H,1-4H3;;;2*1H/q;-1;+1;+2;;/p-2. The van der Waals surface area contributed by atoms with E-state index in [-0.39, 0.29) is 6.35 Å². The maximum atomic E-state index is 6.25. The van der Waals surface area contributed by atoms with Gasteiger partial charge >= 0.3 is 66.2 Å². The van der Waals surface area contributed by atoms with Crippen LogP contribution in [0, 0.1) is 62.1 Å². The quantitative estimate of drug-likeness (QED) is 0.0921.